The van der Waals surface area contributed by atoms with Crippen molar-refractivity contribution in [1.82, 2.24) is 10.2 Å². The van der Waals surface area contributed by atoms with E-state index < -0.39 is 15.1 Å². The molecule has 0 saturated carbocycles. The van der Waals surface area contributed by atoms with E-state index in [1.807, 2.05) is 0 Å². The second kappa shape index (κ2) is 5.30. The van der Waals surface area contributed by atoms with Crippen LogP contribution in [0.1, 0.15) is 44.9 Å². The monoisotopic (exact) mass is 300 g/mol. The van der Waals surface area contributed by atoms with Crippen molar-refractivity contribution in [2.24, 2.45) is 0 Å². The Labute approximate surface area is 121 Å². The summed E-state index contributed by atoms with van der Waals surface area (Å²) in [5.41, 5.74) is 0. The average Bonchev–Trinajstić information content (AvgIpc) is 2.75. The van der Waals surface area contributed by atoms with Gasteiger partial charge in [0, 0.05) is 25.2 Å². The highest BCUT2D eigenvalue weighted by molar-refractivity contribution is 7.92. The van der Waals surface area contributed by atoms with Gasteiger partial charge in [0.1, 0.15) is 5.25 Å². The zero-order valence-electron chi connectivity index (χ0n) is 12.0. The molecule has 20 heavy (non-hydrogen) atoms. The average molecular weight is 300 g/mol. The fourth-order valence-electron chi connectivity index (χ4n) is 3.98. The van der Waals surface area contributed by atoms with Gasteiger partial charge in [-0.3, -0.25) is 4.79 Å². The molecule has 0 radical (unpaired) electrons. The molecule has 0 aromatic carbocycles. The number of nitrogens with zero attached hydrogens (tertiary/aromatic N) is 1. The minimum atomic E-state index is -3.22. The molecule has 0 aromatic heterocycles. The number of rotatable bonds is 2. The molecule has 6 heteroatoms. The van der Waals surface area contributed by atoms with Crippen molar-refractivity contribution in [3.63, 3.8) is 0 Å². The summed E-state index contributed by atoms with van der Waals surface area (Å²) in [6.07, 6.45) is 6.35. The van der Waals surface area contributed by atoms with Crippen molar-refractivity contribution in [1.29, 1.82) is 0 Å². The van der Waals surface area contributed by atoms with Crippen LogP contribution < -0.4 is 5.32 Å². The normalized spacial score (nSPS) is 39.5. The van der Waals surface area contributed by atoms with Crippen LogP contribution in [0.5, 0.6) is 0 Å². The zero-order valence-corrected chi connectivity index (χ0v) is 12.9. The van der Waals surface area contributed by atoms with Gasteiger partial charge in [0.05, 0.1) is 5.75 Å². The number of fused-ring (bicyclic) bond motifs is 2. The molecule has 3 saturated heterocycles. The highest BCUT2D eigenvalue weighted by atomic mass is 32.2. The van der Waals surface area contributed by atoms with Crippen molar-refractivity contribution >= 4 is 15.7 Å². The highest BCUT2D eigenvalue weighted by Crippen LogP contribution is 2.30. The van der Waals surface area contributed by atoms with Gasteiger partial charge in [0.2, 0.25) is 5.91 Å². The Hall–Kier alpha value is -0.620. The van der Waals surface area contributed by atoms with Crippen LogP contribution in [0.4, 0.5) is 0 Å². The van der Waals surface area contributed by atoms with Crippen LogP contribution in [-0.4, -0.2) is 55.4 Å². The van der Waals surface area contributed by atoms with Gasteiger partial charge in [-0.05, 0) is 38.5 Å². The van der Waals surface area contributed by atoms with Crippen LogP contribution in [-0.2, 0) is 14.6 Å². The van der Waals surface area contributed by atoms with Gasteiger partial charge in [-0.2, -0.15) is 0 Å². The first-order chi connectivity index (χ1) is 9.47. The lowest BCUT2D eigenvalue weighted by molar-refractivity contribution is -0.132. The smallest absolute Gasteiger partial charge is 0.240 e. The summed E-state index contributed by atoms with van der Waals surface area (Å²) < 4.78 is 24.2. The number of hydrogen-bond donors (Lipinski definition) is 1. The molecule has 3 fully saturated rings. The Morgan fingerprint density at radius 3 is 2.35 bits per heavy atom. The molecule has 3 rings (SSSR count). The Kier molecular flexibility index (Phi) is 3.79. The molecular weight excluding hydrogens is 276 g/mol. The van der Waals surface area contributed by atoms with Crippen molar-refractivity contribution in [3.05, 3.63) is 0 Å². The van der Waals surface area contributed by atoms with Gasteiger partial charge in [-0.1, -0.05) is 6.42 Å². The summed E-state index contributed by atoms with van der Waals surface area (Å²) >= 11 is 0. The lowest BCUT2D eigenvalue weighted by atomic mass is 9.98. The van der Waals surface area contributed by atoms with E-state index in [-0.39, 0.29) is 17.7 Å². The largest absolute Gasteiger partial charge is 0.342 e. The number of piperidine rings is 1. The second-order valence-corrected chi connectivity index (χ2v) is 8.87. The summed E-state index contributed by atoms with van der Waals surface area (Å²) in [4.78, 5) is 14.3. The lowest BCUT2D eigenvalue weighted by Gasteiger charge is -2.37. The van der Waals surface area contributed by atoms with Gasteiger partial charge < -0.3 is 10.2 Å². The molecular formula is C14H24N2O3S. The molecule has 1 amide bonds. The highest BCUT2D eigenvalue weighted by Gasteiger charge is 2.41. The minimum Gasteiger partial charge on any atom is -0.342 e. The van der Waals surface area contributed by atoms with Gasteiger partial charge >= 0.3 is 0 Å². The topological polar surface area (TPSA) is 66.5 Å². The van der Waals surface area contributed by atoms with Gasteiger partial charge in [-0.25, -0.2) is 8.42 Å². The van der Waals surface area contributed by atoms with Crippen molar-refractivity contribution < 1.29 is 13.2 Å². The fraction of sp³-hybridized carbons (Fsp3) is 0.929. The van der Waals surface area contributed by atoms with E-state index in [0.717, 1.165) is 19.3 Å². The quantitative estimate of drug-likeness (QED) is 0.815. The molecule has 5 nitrogen and oxygen atoms in total. The Balaban J connectivity index is 1.70. The number of hydrogen-bond acceptors (Lipinski definition) is 4. The summed E-state index contributed by atoms with van der Waals surface area (Å²) in [7, 11) is -1.43. The maximum Gasteiger partial charge on any atom is 0.240 e. The molecule has 3 aliphatic heterocycles. The molecule has 0 aromatic rings. The molecule has 1 N–H and O–H groups in total. The van der Waals surface area contributed by atoms with Crippen LogP contribution >= 0.6 is 0 Å². The van der Waals surface area contributed by atoms with Gasteiger partial charge in [-0.15, -0.1) is 0 Å². The minimum absolute atomic E-state index is 0.170. The summed E-state index contributed by atoms with van der Waals surface area (Å²) in [6, 6.07) is 1.23. The van der Waals surface area contributed by atoms with Gasteiger partial charge in [0.25, 0.3) is 0 Å². The second-order valence-electron chi connectivity index (χ2n) is 6.56. The van der Waals surface area contributed by atoms with Crippen LogP contribution in [0.2, 0.25) is 0 Å². The Bertz CT molecular complexity index is 479. The number of amides is 1. The summed E-state index contributed by atoms with van der Waals surface area (Å²) in [5.74, 6) is 0.00495. The Morgan fingerprint density at radius 1 is 1.10 bits per heavy atom. The van der Waals surface area contributed by atoms with Crippen molar-refractivity contribution in [2.45, 2.75) is 68.3 Å². The van der Waals surface area contributed by atoms with Crippen LogP contribution in [0.15, 0.2) is 0 Å². The summed E-state index contributed by atoms with van der Waals surface area (Å²) in [6.45, 7) is 0. The third-order valence-corrected chi connectivity index (χ3v) is 7.36. The van der Waals surface area contributed by atoms with Crippen LogP contribution in [0.25, 0.3) is 0 Å². The van der Waals surface area contributed by atoms with Crippen molar-refractivity contribution in [2.75, 3.05) is 12.8 Å². The molecule has 0 aliphatic carbocycles. The van der Waals surface area contributed by atoms with E-state index in [4.69, 9.17) is 0 Å². The number of carbonyl (C=O) groups is 1. The molecule has 2 bridgehead atoms. The third kappa shape index (κ3) is 2.60. The first kappa shape index (κ1) is 14.3. The number of carbonyl (C=O) groups excluding carboxylic acids is 1. The van der Waals surface area contributed by atoms with E-state index in [1.165, 1.54) is 12.8 Å². The van der Waals surface area contributed by atoms with Crippen molar-refractivity contribution in [3.8, 4) is 0 Å². The Morgan fingerprint density at radius 2 is 1.75 bits per heavy atom. The fourth-order valence-corrected chi connectivity index (χ4v) is 5.87. The standard InChI is InChI=1S/C14H24N2O3S/c1-16(12-8-10-5-6-11(9-12)15-10)14(17)13-4-2-3-7-20(13,18)19/h10-13,15H,2-9H2,1H3. The zero-order chi connectivity index (χ0) is 14.3. The van der Waals surface area contributed by atoms with E-state index in [0.29, 0.717) is 24.9 Å². The molecule has 3 aliphatic rings. The molecule has 3 atom stereocenters. The first-order valence-electron chi connectivity index (χ1n) is 7.71. The van der Waals surface area contributed by atoms with E-state index in [1.54, 1.807) is 11.9 Å². The van der Waals surface area contributed by atoms with Crippen LogP contribution in [0, 0.1) is 0 Å². The van der Waals surface area contributed by atoms with Crippen LogP contribution in [0.3, 0.4) is 0 Å². The number of sulfone groups is 1. The number of nitrogens with one attached hydrogen (secondary N) is 1. The molecule has 0 spiro atoms. The van der Waals surface area contributed by atoms with E-state index in [2.05, 4.69) is 5.32 Å². The molecule has 3 heterocycles. The lowest BCUT2D eigenvalue weighted by Crippen LogP contribution is -2.52. The summed E-state index contributed by atoms with van der Waals surface area (Å²) in [5, 5.41) is 2.77. The maximum absolute atomic E-state index is 12.6. The van der Waals surface area contributed by atoms with Gasteiger partial charge in [0.15, 0.2) is 9.84 Å². The SMILES string of the molecule is CN(C(=O)C1CCCCS1(=O)=O)C1CC2CCC(C1)N2. The first-order valence-corrected chi connectivity index (χ1v) is 9.43. The molecule has 114 valence electrons. The predicted octanol–water partition coefficient (Wildman–Crippen LogP) is 0.695. The molecule has 3 unspecified atom stereocenters. The third-order valence-electron chi connectivity index (χ3n) is 5.20. The van der Waals surface area contributed by atoms with E-state index >= 15 is 0 Å². The maximum atomic E-state index is 12.6. The predicted molar refractivity (Wildman–Crippen MR) is 77.2 cm³/mol. The van der Waals surface area contributed by atoms with E-state index in [9.17, 15) is 13.2 Å².